The summed E-state index contributed by atoms with van der Waals surface area (Å²) < 4.78 is 5.35. The number of aromatic nitrogens is 1. The van der Waals surface area contributed by atoms with Crippen LogP contribution in [-0.2, 0) is 4.74 Å². The minimum absolute atomic E-state index is 0. The molecule has 1 aromatic rings. The second kappa shape index (κ2) is 5.87. The van der Waals surface area contributed by atoms with Gasteiger partial charge in [-0.3, -0.25) is 4.98 Å². The number of hydrogen-bond donors (Lipinski definition) is 1. The zero-order valence-electron chi connectivity index (χ0n) is 7.87. The van der Waals surface area contributed by atoms with Crippen LogP contribution >= 0.6 is 35.6 Å². The summed E-state index contributed by atoms with van der Waals surface area (Å²) in [4.78, 5) is 3.91. The topological polar surface area (TPSA) is 34.1 Å². The van der Waals surface area contributed by atoms with Gasteiger partial charge in [0.1, 0.15) is 0 Å². The summed E-state index contributed by atoms with van der Waals surface area (Å²) in [5.74, 6) is 0. The van der Waals surface area contributed by atoms with Crippen LogP contribution in [0.25, 0.3) is 0 Å². The monoisotopic (exact) mass is 268 g/mol. The highest BCUT2D eigenvalue weighted by molar-refractivity contribution is 6.35. The Morgan fingerprint density at radius 3 is 2.53 bits per heavy atom. The lowest BCUT2D eigenvalue weighted by Crippen LogP contribution is -2.34. The quantitative estimate of drug-likeness (QED) is 0.850. The minimum Gasteiger partial charge on any atom is -0.378 e. The highest BCUT2D eigenvalue weighted by atomic mass is 35.5. The number of pyridine rings is 1. The van der Waals surface area contributed by atoms with E-state index in [2.05, 4.69) is 10.3 Å². The molecule has 3 nitrogen and oxygen atoms in total. The van der Waals surface area contributed by atoms with Crippen molar-refractivity contribution < 1.29 is 4.74 Å². The molecule has 0 unspecified atom stereocenters. The van der Waals surface area contributed by atoms with Gasteiger partial charge >= 0.3 is 0 Å². The lowest BCUT2D eigenvalue weighted by molar-refractivity contribution is 0.0769. The molecule has 0 bridgehead atoms. The molecule has 0 amide bonds. The first kappa shape index (κ1) is 13.0. The summed E-state index contributed by atoms with van der Waals surface area (Å²) in [6.07, 6.45) is 3.19. The van der Waals surface area contributed by atoms with E-state index in [9.17, 15) is 0 Å². The first-order chi connectivity index (χ1) is 6.79. The zero-order valence-corrected chi connectivity index (χ0v) is 10.2. The fourth-order valence-electron chi connectivity index (χ4n) is 1.51. The highest BCUT2D eigenvalue weighted by Crippen LogP contribution is 2.30. The normalized spacial score (nSPS) is 20.8. The molecule has 2 rings (SSSR count). The molecule has 0 aliphatic carbocycles. The smallest absolute Gasteiger partial charge is 0.0663 e. The predicted molar refractivity (Wildman–Crippen MR) is 63.1 cm³/mol. The van der Waals surface area contributed by atoms with Crippen molar-refractivity contribution in [2.24, 2.45) is 0 Å². The fraction of sp³-hybridized carbons (Fsp3) is 0.444. The van der Waals surface area contributed by atoms with E-state index in [0.717, 1.165) is 18.7 Å². The van der Waals surface area contributed by atoms with E-state index >= 15 is 0 Å². The average molecular weight is 270 g/mol. The van der Waals surface area contributed by atoms with Gasteiger partial charge in [0.15, 0.2) is 0 Å². The number of morpholine rings is 1. The van der Waals surface area contributed by atoms with Crippen molar-refractivity contribution >= 4 is 35.6 Å². The number of nitrogens with one attached hydrogen (secondary N) is 1. The van der Waals surface area contributed by atoms with Gasteiger partial charge in [0.2, 0.25) is 0 Å². The second-order valence-electron chi connectivity index (χ2n) is 3.10. The molecule has 6 heteroatoms. The highest BCUT2D eigenvalue weighted by Gasteiger charge is 2.20. The van der Waals surface area contributed by atoms with Gasteiger partial charge in [-0.1, -0.05) is 23.2 Å². The summed E-state index contributed by atoms with van der Waals surface area (Å²) in [6, 6.07) is 0.0757. The predicted octanol–water partition coefficient (Wildman–Crippen LogP) is 2.47. The Balaban J connectivity index is 0.00000112. The largest absolute Gasteiger partial charge is 0.378 e. The van der Waals surface area contributed by atoms with Crippen LogP contribution in [-0.4, -0.2) is 24.7 Å². The number of ether oxygens (including phenoxy) is 1. The molecule has 0 saturated carbocycles. The Labute approximate surface area is 105 Å². The van der Waals surface area contributed by atoms with E-state index in [-0.39, 0.29) is 18.4 Å². The maximum Gasteiger partial charge on any atom is 0.0663 e. The van der Waals surface area contributed by atoms with Crippen LogP contribution in [0.1, 0.15) is 11.6 Å². The van der Waals surface area contributed by atoms with Gasteiger partial charge in [-0.05, 0) is 0 Å². The summed E-state index contributed by atoms with van der Waals surface area (Å²) in [6.45, 7) is 2.15. The summed E-state index contributed by atoms with van der Waals surface area (Å²) >= 11 is 12.0. The number of nitrogens with zero attached hydrogens (tertiary/aromatic N) is 1. The SMILES string of the molecule is Cl.Clc1cncc(Cl)c1[C@H]1COCCN1. The molecule has 1 N–H and O–H groups in total. The van der Waals surface area contributed by atoms with Crippen molar-refractivity contribution in [3.8, 4) is 0 Å². The Bertz CT molecular complexity index is 309. The van der Waals surface area contributed by atoms with Crippen LogP contribution < -0.4 is 5.32 Å². The molecule has 1 aliphatic heterocycles. The molecule has 1 aliphatic rings. The number of rotatable bonds is 1. The van der Waals surface area contributed by atoms with E-state index in [1.165, 1.54) is 0 Å². The molecule has 0 spiro atoms. The first-order valence-corrected chi connectivity index (χ1v) is 5.14. The third-order valence-electron chi connectivity index (χ3n) is 2.16. The van der Waals surface area contributed by atoms with E-state index in [1.807, 2.05) is 0 Å². The van der Waals surface area contributed by atoms with Crippen molar-refractivity contribution in [3.63, 3.8) is 0 Å². The number of hydrogen-bond acceptors (Lipinski definition) is 3. The minimum atomic E-state index is 0. The van der Waals surface area contributed by atoms with Gasteiger partial charge in [0.25, 0.3) is 0 Å². The van der Waals surface area contributed by atoms with Gasteiger partial charge in [-0.25, -0.2) is 0 Å². The molecule has 15 heavy (non-hydrogen) atoms. The number of halogens is 3. The summed E-state index contributed by atoms with van der Waals surface area (Å²) in [7, 11) is 0. The molecule has 0 radical (unpaired) electrons. The van der Waals surface area contributed by atoms with Gasteiger partial charge < -0.3 is 10.1 Å². The third-order valence-corrected chi connectivity index (χ3v) is 2.76. The van der Waals surface area contributed by atoms with E-state index < -0.39 is 0 Å². The van der Waals surface area contributed by atoms with Crippen molar-refractivity contribution in [1.29, 1.82) is 0 Å². The van der Waals surface area contributed by atoms with Gasteiger partial charge in [-0.15, -0.1) is 12.4 Å². The molecule has 1 fully saturated rings. The van der Waals surface area contributed by atoms with Crippen LogP contribution in [0.4, 0.5) is 0 Å². The molecule has 0 aromatic carbocycles. The molecule has 1 saturated heterocycles. The second-order valence-corrected chi connectivity index (χ2v) is 3.91. The molecule has 84 valence electrons. The first-order valence-electron chi connectivity index (χ1n) is 4.39. The van der Waals surface area contributed by atoms with Crippen LogP contribution in [0.15, 0.2) is 12.4 Å². The van der Waals surface area contributed by atoms with Crippen molar-refractivity contribution in [3.05, 3.63) is 28.0 Å². The van der Waals surface area contributed by atoms with Crippen molar-refractivity contribution in [1.82, 2.24) is 10.3 Å². The van der Waals surface area contributed by atoms with E-state index in [4.69, 9.17) is 27.9 Å². The van der Waals surface area contributed by atoms with Crippen LogP contribution in [0, 0.1) is 0 Å². The molecule has 1 atom stereocenters. The van der Waals surface area contributed by atoms with Crippen LogP contribution in [0.3, 0.4) is 0 Å². The Morgan fingerprint density at radius 2 is 2.00 bits per heavy atom. The summed E-state index contributed by atoms with van der Waals surface area (Å²) in [5.41, 5.74) is 0.878. The molecular weight excluding hydrogens is 258 g/mol. The van der Waals surface area contributed by atoms with Gasteiger partial charge in [0.05, 0.1) is 29.3 Å². The fourth-order valence-corrected chi connectivity index (χ4v) is 2.13. The van der Waals surface area contributed by atoms with Gasteiger partial charge in [-0.2, -0.15) is 0 Å². The van der Waals surface area contributed by atoms with Crippen LogP contribution in [0.5, 0.6) is 0 Å². The van der Waals surface area contributed by atoms with Crippen molar-refractivity contribution in [2.45, 2.75) is 6.04 Å². The lowest BCUT2D eigenvalue weighted by Gasteiger charge is -2.25. The maximum absolute atomic E-state index is 6.02. The molecule has 2 heterocycles. The molecule has 1 aromatic heterocycles. The summed E-state index contributed by atoms with van der Waals surface area (Å²) in [5, 5.41) is 4.46. The lowest BCUT2D eigenvalue weighted by atomic mass is 10.1. The Morgan fingerprint density at radius 1 is 1.33 bits per heavy atom. The average Bonchev–Trinajstić information content (AvgIpc) is 2.19. The Hall–Kier alpha value is -0.0600. The van der Waals surface area contributed by atoms with E-state index in [1.54, 1.807) is 12.4 Å². The maximum atomic E-state index is 6.02. The zero-order chi connectivity index (χ0) is 9.97. The standard InChI is InChI=1S/C9H10Cl2N2O.ClH/c10-6-3-12-4-7(11)9(6)8-5-14-2-1-13-8;/h3-4,8,13H,1-2,5H2;1H/t8-;/m1./s1. The third kappa shape index (κ3) is 2.95. The Kier molecular flexibility index (Phi) is 5.09. The van der Waals surface area contributed by atoms with Crippen LogP contribution in [0.2, 0.25) is 10.0 Å². The van der Waals surface area contributed by atoms with Gasteiger partial charge in [0, 0.05) is 24.5 Å². The van der Waals surface area contributed by atoms with E-state index in [0.29, 0.717) is 16.7 Å². The van der Waals surface area contributed by atoms with Crippen molar-refractivity contribution in [2.75, 3.05) is 19.8 Å². The molecular formula is C9H11Cl3N2O.